The van der Waals surface area contributed by atoms with Crippen LogP contribution in [0.4, 0.5) is 0 Å². The minimum absolute atomic E-state index is 1.10. The molecule has 2 aromatic heterocycles. The quantitative estimate of drug-likeness (QED) is 0.455. The van der Waals surface area contributed by atoms with Crippen molar-refractivity contribution >= 4 is 37.7 Å². The number of rotatable bonds is 2. The van der Waals surface area contributed by atoms with Gasteiger partial charge in [-0.25, -0.2) is 0 Å². The van der Waals surface area contributed by atoms with Gasteiger partial charge in [-0.3, -0.25) is 9.97 Å². The Bertz CT molecular complexity index is 418. The van der Waals surface area contributed by atoms with Crippen molar-refractivity contribution in [1.29, 1.82) is 0 Å². The van der Waals surface area contributed by atoms with Crippen molar-refractivity contribution in [3.8, 4) is 0 Å². The van der Waals surface area contributed by atoms with Gasteiger partial charge in [0, 0.05) is 24.8 Å². The second-order valence-electron chi connectivity index (χ2n) is 3.69. The van der Waals surface area contributed by atoms with Crippen molar-refractivity contribution in [3.05, 3.63) is 60.2 Å². The molecule has 21 heavy (non-hydrogen) atoms. The summed E-state index contributed by atoms with van der Waals surface area (Å²) in [6, 6.07) is 8.11. The monoisotopic (exact) mass is 549 g/mol. The van der Waals surface area contributed by atoms with E-state index < -0.39 is 11.9 Å². The van der Waals surface area contributed by atoms with E-state index in [0.29, 0.717) is 0 Å². The molecule has 0 aliphatic rings. The standard InChI is InChI=1S/2C7H9N.4ClH.Pt/c2*1-2-7-3-5-8-6-4-7;;;;;/h2*3-6H,2H2,1H3;4*1H;/q;;;;;;+4/p-4. The van der Waals surface area contributed by atoms with Gasteiger partial charge in [-0.2, -0.15) is 0 Å². The summed E-state index contributed by atoms with van der Waals surface area (Å²) in [5.41, 5.74) is 2.69. The summed E-state index contributed by atoms with van der Waals surface area (Å²) in [5.74, 6) is 0. The maximum atomic E-state index is 5.01. The SMILES string of the molecule is CCc1ccncc1.CCc1ccncc1.[Cl][Pt]([Cl])([Cl])[Cl]. The van der Waals surface area contributed by atoms with E-state index in [2.05, 4.69) is 23.8 Å². The van der Waals surface area contributed by atoms with Crippen LogP contribution in [0.15, 0.2) is 49.1 Å². The topological polar surface area (TPSA) is 25.8 Å². The molecule has 122 valence electrons. The molecule has 0 aliphatic carbocycles. The number of aryl methyl sites for hydroxylation is 2. The normalized spacial score (nSPS) is 10.6. The van der Waals surface area contributed by atoms with Crippen LogP contribution in [0, 0.1) is 0 Å². The molecule has 0 unspecified atom stereocenters. The van der Waals surface area contributed by atoms with E-state index >= 15 is 0 Å². The molecule has 0 saturated heterocycles. The number of pyridine rings is 2. The van der Waals surface area contributed by atoms with Crippen LogP contribution in [-0.2, 0) is 24.7 Å². The van der Waals surface area contributed by atoms with Crippen molar-refractivity contribution < 1.29 is 11.9 Å². The van der Waals surface area contributed by atoms with Crippen molar-refractivity contribution in [2.75, 3.05) is 0 Å². The van der Waals surface area contributed by atoms with Crippen LogP contribution >= 0.6 is 37.7 Å². The number of hydrogen-bond donors (Lipinski definition) is 0. The van der Waals surface area contributed by atoms with E-state index in [4.69, 9.17) is 37.7 Å². The van der Waals surface area contributed by atoms with Crippen LogP contribution < -0.4 is 0 Å². The molecule has 2 aromatic rings. The summed E-state index contributed by atoms with van der Waals surface area (Å²) in [5, 5.41) is 0. The molecule has 7 heteroatoms. The van der Waals surface area contributed by atoms with Crippen molar-refractivity contribution in [2.45, 2.75) is 26.7 Å². The number of hydrogen-bond acceptors (Lipinski definition) is 2. The third kappa shape index (κ3) is 16.3. The van der Waals surface area contributed by atoms with E-state index in [1.54, 1.807) is 0 Å². The Morgan fingerprint density at radius 1 is 0.714 bits per heavy atom. The van der Waals surface area contributed by atoms with E-state index in [1.165, 1.54) is 11.1 Å². The second kappa shape index (κ2) is 12.7. The summed E-state index contributed by atoms with van der Waals surface area (Å²) >= 11 is -3.06. The van der Waals surface area contributed by atoms with Gasteiger partial charge >= 0.3 is 49.6 Å². The summed E-state index contributed by atoms with van der Waals surface area (Å²) in [6.45, 7) is 4.27. The first-order chi connectivity index (χ1) is 9.86. The van der Waals surface area contributed by atoms with Crippen LogP contribution in [0.1, 0.15) is 25.0 Å². The molecule has 0 spiro atoms. The fourth-order valence-corrected chi connectivity index (χ4v) is 1.24. The molecule has 0 N–H and O–H groups in total. The van der Waals surface area contributed by atoms with Crippen LogP contribution in [0.25, 0.3) is 0 Å². The van der Waals surface area contributed by atoms with Gasteiger partial charge in [-0.05, 0) is 48.2 Å². The predicted molar refractivity (Wildman–Crippen MR) is 90.6 cm³/mol. The van der Waals surface area contributed by atoms with Crippen LogP contribution in [-0.4, -0.2) is 9.97 Å². The second-order valence-corrected chi connectivity index (χ2v) is 23.4. The summed E-state index contributed by atoms with van der Waals surface area (Å²) in [6.07, 6.45) is 9.47. The first-order valence-electron chi connectivity index (χ1n) is 6.12. The Morgan fingerprint density at radius 3 is 1.10 bits per heavy atom. The zero-order valence-electron chi connectivity index (χ0n) is 11.8. The van der Waals surface area contributed by atoms with Gasteiger partial charge in [-0.15, -0.1) is 0 Å². The molecular weight excluding hydrogens is 533 g/mol. The van der Waals surface area contributed by atoms with Crippen molar-refractivity contribution in [2.24, 2.45) is 0 Å². The fraction of sp³-hybridized carbons (Fsp3) is 0.286. The van der Waals surface area contributed by atoms with Gasteiger partial charge in [0.1, 0.15) is 0 Å². The zero-order chi connectivity index (χ0) is 16.1. The van der Waals surface area contributed by atoms with Crippen LogP contribution in [0.3, 0.4) is 0 Å². The van der Waals surface area contributed by atoms with E-state index in [-0.39, 0.29) is 0 Å². The Hall–Kier alpha value is 0.148. The molecule has 0 aromatic carbocycles. The van der Waals surface area contributed by atoms with Crippen molar-refractivity contribution in [1.82, 2.24) is 9.97 Å². The summed E-state index contributed by atoms with van der Waals surface area (Å²) in [4.78, 5) is 7.79. The first kappa shape index (κ1) is 21.1. The Balaban J connectivity index is 0.000000296. The number of halogens is 4. The summed E-state index contributed by atoms with van der Waals surface area (Å²) < 4.78 is 0. The van der Waals surface area contributed by atoms with E-state index in [1.807, 2.05) is 49.1 Å². The van der Waals surface area contributed by atoms with Gasteiger partial charge < -0.3 is 0 Å². The number of nitrogens with zero attached hydrogens (tertiary/aromatic N) is 2. The molecule has 2 heterocycles. The van der Waals surface area contributed by atoms with Gasteiger partial charge in [0.05, 0.1) is 0 Å². The Morgan fingerprint density at radius 2 is 0.952 bits per heavy atom. The molecule has 0 aliphatic heterocycles. The van der Waals surface area contributed by atoms with E-state index in [0.717, 1.165) is 12.8 Å². The number of aromatic nitrogens is 2. The molecule has 0 saturated carbocycles. The van der Waals surface area contributed by atoms with E-state index in [9.17, 15) is 0 Å². The average molecular weight is 551 g/mol. The zero-order valence-corrected chi connectivity index (χ0v) is 17.1. The van der Waals surface area contributed by atoms with Gasteiger partial charge in [0.25, 0.3) is 0 Å². The molecule has 0 fully saturated rings. The summed E-state index contributed by atoms with van der Waals surface area (Å²) in [7, 11) is 20.0. The molecule has 0 amide bonds. The molecule has 0 atom stereocenters. The molecule has 2 rings (SSSR count). The maximum absolute atomic E-state index is 5.01. The molecule has 2 nitrogen and oxygen atoms in total. The fourth-order valence-electron chi connectivity index (χ4n) is 1.24. The van der Waals surface area contributed by atoms with Gasteiger partial charge in [0.2, 0.25) is 0 Å². The first-order valence-corrected chi connectivity index (χ1v) is 17.4. The van der Waals surface area contributed by atoms with Crippen LogP contribution in [0.5, 0.6) is 0 Å². The Kier molecular flexibility index (Phi) is 12.8. The van der Waals surface area contributed by atoms with Gasteiger partial charge in [-0.1, -0.05) is 13.8 Å². The molecule has 0 radical (unpaired) electrons. The third-order valence-corrected chi connectivity index (χ3v) is 2.32. The third-order valence-electron chi connectivity index (χ3n) is 2.32. The predicted octanol–water partition coefficient (Wildman–Crippen LogP) is 6.04. The van der Waals surface area contributed by atoms with Crippen LogP contribution in [0.2, 0.25) is 0 Å². The Labute approximate surface area is 145 Å². The molecule has 0 bridgehead atoms. The van der Waals surface area contributed by atoms with Gasteiger partial charge in [0.15, 0.2) is 0 Å². The van der Waals surface area contributed by atoms with Crippen molar-refractivity contribution in [3.63, 3.8) is 0 Å². The average Bonchev–Trinajstić information content (AvgIpc) is 2.48. The molecular formula is C14H18Cl4N2Pt. The minimum atomic E-state index is -3.06.